The molecule has 0 amide bonds. The average molecular weight is 210 g/mol. The van der Waals surface area contributed by atoms with Crippen LogP contribution in [0, 0.1) is 23.3 Å². The van der Waals surface area contributed by atoms with Gasteiger partial charge in [0.05, 0.1) is 6.10 Å². The fourth-order valence-electron chi connectivity index (χ4n) is 0.752. The zero-order valence-corrected chi connectivity index (χ0v) is 10.1. The zero-order valence-electron chi connectivity index (χ0n) is 9.09. The van der Waals surface area contributed by atoms with Gasteiger partial charge in [0.15, 0.2) is 0 Å². The Hall–Kier alpha value is -0.743. The van der Waals surface area contributed by atoms with Crippen LogP contribution >= 0.6 is 0 Å². The second-order valence-corrected chi connectivity index (χ2v) is 8.88. The Morgan fingerprint density at radius 2 is 1.64 bits per heavy atom. The summed E-state index contributed by atoms with van der Waals surface area (Å²) in [6.45, 7) is 6.35. The smallest absolute Gasteiger partial charge is 0.129 e. The Bertz CT molecular complexity index is 270. The lowest BCUT2D eigenvalue weighted by Gasteiger charge is -2.04. The van der Waals surface area contributed by atoms with Crippen molar-refractivity contribution in [3.05, 3.63) is 0 Å². The van der Waals surface area contributed by atoms with E-state index in [4.69, 9.17) is 5.11 Å². The number of hydrogen-bond donors (Lipinski definition) is 2. The van der Waals surface area contributed by atoms with Crippen LogP contribution in [0.3, 0.4) is 0 Å². The normalized spacial score (nSPS) is 12.1. The summed E-state index contributed by atoms with van der Waals surface area (Å²) in [5.41, 5.74) is 3.17. The van der Waals surface area contributed by atoms with Gasteiger partial charge in [-0.25, -0.2) is 0 Å². The molecule has 0 aromatic carbocycles. The number of rotatable bonds is 2. The molecule has 0 aromatic heterocycles. The Kier molecular flexibility index (Phi) is 6.32. The highest BCUT2D eigenvalue weighted by Gasteiger charge is 2.07. The van der Waals surface area contributed by atoms with E-state index in [0.29, 0.717) is 12.8 Å². The molecule has 78 valence electrons. The van der Waals surface area contributed by atoms with Gasteiger partial charge >= 0.3 is 0 Å². The molecule has 1 unspecified atom stereocenters. The molecule has 0 aliphatic carbocycles. The first-order valence-electron chi connectivity index (χ1n) is 4.70. The van der Waals surface area contributed by atoms with Crippen molar-refractivity contribution in [3.63, 3.8) is 0 Å². The van der Waals surface area contributed by atoms with Crippen LogP contribution in [-0.4, -0.2) is 31.0 Å². The Labute approximate surface area is 87.4 Å². The fraction of sp³-hybridized carbons (Fsp3) is 0.636. The quantitative estimate of drug-likeness (QED) is 0.527. The maximum absolute atomic E-state index is 9.40. The second-order valence-electron chi connectivity index (χ2n) is 4.13. The van der Waals surface area contributed by atoms with Crippen LogP contribution < -0.4 is 0 Å². The molecule has 0 spiro atoms. The Balaban J connectivity index is 3.83. The molecular formula is C11H18O2Si. The monoisotopic (exact) mass is 210 g/mol. The van der Waals surface area contributed by atoms with E-state index < -0.39 is 14.2 Å². The van der Waals surface area contributed by atoms with Gasteiger partial charge in [-0.15, -0.1) is 11.5 Å². The van der Waals surface area contributed by atoms with Gasteiger partial charge in [0.1, 0.15) is 14.7 Å². The molecule has 0 heterocycles. The van der Waals surface area contributed by atoms with E-state index >= 15 is 0 Å². The predicted octanol–water partition coefficient (Wildman–Crippen LogP) is 1.00. The number of aliphatic hydroxyl groups is 2. The van der Waals surface area contributed by atoms with Crippen LogP contribution in [0.5, 0.6) is 0 Å². The van der Waals surface area contributed by atoms with Crippen molar-refractivity contribution in [1.29, 1.82) is 0 Å². The standard InChI is InChI=1S/C11H18O2Si/c1-14(2,3)10-6-8-11(13)7-4-5-9-12/h11-13H,7-9H2,1-3H3. The third kappa shape index (κ3) is 9.35. The van der Waals surface area contributed by atoms with Crippen LogP contribution in [0.1, 0.15) is 12.8 Å². The van der Waals surface area contributed by atoms with Crippen molar-refractivity contribution in [2.24, 2.45) is 0 Å². The molecule has 0 aromatic rings. The van der Waals surface area contributed by atoms with Gasteiger partial charge in [0, 0.05) is 12.8 Å². The van der Waals surface area contributed by atoms with E-state index in [9.17, 15) is 5.11 Å². The first-order valence-corrected chi connectivity index (χ1v) is 8.20. The lowest BCUT2D eigenvalue weighted by Crippen LogP contribution is -2.16. The summed E-state index contributed by atoms with van der Waals surface area (Å²) in [6.07, 6.45) is 0.378. The lowest BCUT2D eigenvalue weighted by molar-refractivity contribution is 0.186. The molecule has 14 heavy (non-hydrogen) atoms. The van der Waals surface area contributed by atoms with Gasteiger partial charge in [-0.3, -0.25) is 0 Å². The van der Waals surface area contributed by atoms with Gasteiger partial charge < -0.3 is 10.2 Å². The molecular weight excluding hydrogens is 192 g/mol. The van der Waals surface area contributed by atoms with Crippen molar-refractivity contribution in [1.82, 2.24) is 0 Å². The number of aliphatic hydroxyl groups excluding tert-OH is 2. The molecule has 3 heteroatoms. The SMILES string of the molecule is C[Si](C)(C)C#CCC(O)CC#CCO. The summed E-state index contributed by atoms with van der Waals surface area (Å²) in [5.74, 6) is 8.15. The van der Waals surface area contributed by atoms with Crippen LogP contribution in [0.2, 0.25) is 19.6 Å². The first kappa shape index (κ1) is 13.3. The number of hydrogen-bond acceptors (Lipinski definition) is 2. The van der Waals surface area contributed by atoms with Gasteiger partial charge in [-0.05, 0) is 0 Å². The topological polar surface area (TPSA) is 40.5 Å². The van der Waals surface area contributed by atoms with Crippen LogP contribution in [-0.2, 0) is 0 Å². The summed E-state index contributed by atoms with van der Waals surface area (Å²) in [5, 5.41) is 17.8. The van der Waals surface area contributed by atoms with Crippen molar-refractivity contribution in [2.75, 3.05) is 6.61 Å². The minimum atomic E-state index is -1.31. The van der Waals surface area contributed by atoms with Crippen LogP contribution in [0.15, 0.2) is 0 Å². The molecule has 2 N–H and O–H groups in total. The third-order valence-electron chi connectivity index (χ3n) is 1.34. The summed E-state index contributed by atoms with van der Waals surface area (Å²) < 4.78 is 0. The van der Waals surface area contributed by atoms with Crippen molar-refractivity contribution >= 4 is 8.07 Å². The first-order chi connectivity index (χ1) is 6.45. The predicted molar refractivity (Wildman–Crippen MR) is 61.2 cm³/mol. The van der Waals surface area contributed by atoms with Gasteiger partial charge in [0.25, 0.3) is 0 Å². The molecule has 0 rings (SSSR count). The highest BCUT2D eigenvalue weighted by molar-refractivity contribution is 6.83. The molecule has 0 fully saturated rings. The van der Waals surface area contributed by atoms with E-state index in [1.54, 1.807) is 0 Å². The van der Waals surface area contributed by atoms with E-state index in [0.717, 1.165) is 0 Å². The Morgan fingerprint density at radius 1 is 1.07 bits per heavy atom. The summed E-state index contributed by atoms with van der Waals surface area (Å²) in [7, 11) is -1.31. The van der Waals surface area contributed by atoms with E-state index in [1.165, 1.54) is 0 Å². The molecule has 0 aliphatic heterocycles. The van der Waals surface area contributed by atoms with Crippen molar-refractivity contribution in [2.45, 2.75) is 38.6 Å². The lowest BCUT2D eigenvalue weighted by atomic mass is 10.2. The molecule has 0 saturated carbocycles. The second kappa shape index (κ2) is 6.67. The third-order valence-corrected chi connectivity index (χ3v) is 2.27. The maximum atomic E-state index is 9.40. The molecule has 1 atom stereocenters. The molecule has 0 bridgehead atoms. The maximum Gasteiger partial charge on any atom is 0.129 e. The van der Waals surface area contributed by atoms with Crippen LogP contribution in [0.4, 0.5) is 0 Å². The molecule has 0 radical (unpaired) electrons. The Morgan fingerprint density at radius 3 is 2.14 bits per heavy atom. The summed E-state index contributed by atoms with van der Waals surface area (Å²) in [6, 6.07) is 0. The zero-order chi connectivity index (χ0) is 11.0. The fourth-order valence-corrected chi connectivity index (χ4v) is 1.38. The van der Waals surface area contributed by atoms with Crippen LogP contribution in [0.25, 0.3) is 0 Å². The molecule has 0 aliphatic rings. The van der Waals surface area contributed by atoms with Crippen molar-refractivity contribution in [3.8, 4) is 23.3 Å². The minimum Gasteiger partial charge on any atom is -0.391 e. The molecule has 2 nitrogen and oxygen atoms in total. The van der Waals surface area contributed by atoms with E-state index in [-0.39, 0.29) is 6.61 Å². The average Bonchev–Trinajstić information content (AvgIpc) is 2.02. The van der Waals surface area contributed by atoms with Gasteiger partial charge in [-0.1, -0.05) is 31.5 Å². The van der Waals surface area contributed by atoms with Gasteiger partial charge in [0.2, 0.25) is 0 Å². The highest BCUT2D eigenvalue weighted by Crippen LogP contribution is 1.99. The van der Waals surface area contributed by atoms with Crippen molar-refractivity contribution < 1.29 is 10.2 Å². The largest absolute Gasteiger partial charge is 0.391 e. The summed E-state index contributed by atoms with van der Waals surface area (Å²) >= 11 is 0. The van der Waals surface area contributed by atoms with Gasteiger partial charge in [-0.2, -0.15) is 0 Å². The highest BCUT2D eigenvalue weighted by atomic mass is 28.3. The molecule has 0 saturated heterocycles. The summed E-state index contributed by atoms with van der Waals surface area (Å²) in [4.78, 5) is 0. The van der Waals surface area contributed by atoms with E-state index in [1.807, 2.05) is 0 Å². The van der Waals surface area contributed by atoms with E-state index in [2.05, 4.69) is 42.9 Å². The minimum absolute atomic E-state index is 0.146.